The second kappa shape index (κ2) is 22.1. The number of halogens is 1. The van der Waals surface area contributed by atoms with Gasteiger partial charge in [0.2, 0.25) is 11.1 Å². The van der Waals surface area contributed by atoms with Crippen LogP contribution < -0.4 is 11.1 Å². The van der Waals surface area contributed by atoms with E-state index in [1.165, 1.54) is 0 Å². The smallest absolute Gasteiger partial charge is 0.247 e. The zero-order valence-corrected chi connectivity index (χ0v) is 33.0. The Balaban J connectivity index is 0.000000216. The number of nitrogens with two attached hydrogens (primary N) is 1. The fourth-order valence-corrected chi connectivity index (χ4v) is 5.42. The third-order valence-corrected chi connectivity index (χ3v) is 9.08. The van der Waals surface area contributed by atoms with Crippen LogP contribution in [0, 0.1) is 13.8 Å². The molecule has 0 bridgehead atoms. The summed E-state index contributed by atoms with van der Waals surface area (Å²) in [5.74, 6) is -0.138. The van der Waals surface area contributed by atoms with Gasteiger partial charge in [-0.1, -0.05) is 35.7 Å². The van der Waals surface area contributed by atoms with Crippen LogP contribution >= 0.6 is 11.6 Å². The SMILES string of the molecule is C=C(C)C(=O)Cl.C=C(C)C(=O)NCc1ccc(-n2cc(COC3CCCCO3)nn2)cc1C.Cc1cc(-n2cc(COC3CCCCO3)nn2)ccc1CN. The van der Waals surface area contributed by atoms with Crippen molar-refractivity contribution in [1.82, 2.24) is 35.3 Å². The van der Waals surface area contributed by atoms with Crippen LogP contribution in [-0.2, 0) is 54.8 Å². The number of ether oxygens (including phenoxy) is 4. The normalized spacial score (nSPS) is 16.5. The lowest BCUT2D eigenvalue weighted by Gasteiger charge is -2.22. The number of hydrogen-bond donors (Lipinski definition) is 2. The zero-order valence-electron chi connectivity index (χ0n) is 32.3. The van der Waals surface area contributed by atoms with Crippen molar-refractivity contribution >= 4 is 22.8 Å². The van der Waals surface area contributed by atoms with Crippen molar-refractivity contribution in [2.75, 3.05) is 13.2 Å². The van der Waals surface area contributed by atoms with Crippen molar-refractivity contribution in [3.8, 4) is 11.4 Å². The number of aryl methyl sites for hydroxylation is 2. The molecule has 2 aliphatic rings. The molecule has 2 fully saturated rings. The number of nitrogens with zero attached hydrogens (tertiary/aromatic N) is 6. The average molecular weight is 777 g/mol. The Bertz CT molecular complexity index is 1870. The molecule has 2 aromatic carbocycles. The number of carbonyl (C=O) groups is 2. The summed E-state index contributed by atoms with van der Waals surface area (Å²) in [5.41, 5.74) is 14.4. The summed E-state index contributed by atoms with van der Waals surface area (Å²) in [4.78, 5) is 21.5. The lowest BCUT2D eigenvalue weighted by atomic mass is 10.1. The molecule has 0 aliphatic carbocycles. The van der Waals surface area contributed by atoms with E-state index in [-0.39, 0.29) is 18.5 Å². The third kappa shape index (κ3) is 14.2. The molecule has 2 aliphatic heterocycles. The van der Waals surface area contributed by atoms with Crippen LogP contribution in [0.4, 0.5) is 0 Å². The molecule has 15 heteroatoms. The second-order valence-corrected chi connectivity index (χ2v) is 13.8. The minimum Gasteiger partial charge on any atom is -0.353 e. The molecule has 0 saturated carbocycles. The molecule has 4 aromatic rings. The van der Waals surface area contributed by atoms with E-state index in [4.69, 9.17) is 36.3 Å². The Labute approximate surface area is 328 Å². The first-order valence-corrected chi connectivity index (χ1v) is 18.8. The zero-order chi connectivity index (χ0) is 39.7. The Morgan fingerprint density at radius 3 is 1.67 bits per heavy atom. The molecule has 2 aromatic heterocycles. The van der Waals surface area contributed by atoms with Gasteiger partial charge in [-0.05, 0) is 124 Å². The molecule has 55 heavy (non-hydrogen) atoms. The van der Waals surface area contributed by atoms with Gasteiger partial charge in [0.05, 0.1) is 37.0 Å². The molecular weight excluding hydrogens is 724 g/mol. The first-order chi connectivity index (χ1) is 26.4. The van der Waals surface area contributed by atoms with Gasteiger partial charge in [0, 0.05) is 37.4 Å². The number of nitrogens with one attached hydrogen (secondary N) is 1. The molecule has 2 saturated heterocycles. The predicted molar refractivity (Wildman–Crippen MR) is 209 cm³/mol. The largest absolute Gasteiger partial charge is 0.353 e. The molecule has 14 nitrogen and oxygen atoms in total. The van der Waals surface area contributed by atoms with Crippen molar-refractivity contribution in [2.45, 2.75) is 105 Å². The van der Waals surface area contributed by atoms with Crippen molar-refractivity contribution in [3.05, 3.63) is 107 Å². The molecule has 4 heterocycles. The summed E-state index contributed by atoms with van der Waals surface area (Å²) >= 11 is 4.87. The monoisotopic (exact) mass is 776 g/mol. The lowest BCUT2D eigenvalue weighted by Crippen LogP contribution is -2.23. The van der Waals surface area contributed by atoms with Crippen molar-refractivity contribution in [2.24, 2.45) is 5.73 Å². The quantitative estimate of drug-likeness (QED) is 0.117. The summed E-state index contributed by atoms with van der Waals surface area (Å²) in [6, 6.07) is 12.0. The molecule has 296 valence electrons. The van der Waals surface area contributed by atoms with E-state index < -0.39 is 5.24 Å². The third-order valence-electron chi connectivity index (χ3n) is 8.76. The van der Waals surface area contributed by atoms with Gasteiger partial charge in [0.1, 0.15) is 11.4 Å². The van der Waals surface area contributed by atoms with Gasteiger partial charge >= 0.3 is 0 Å². The number of allylic oxidation sites excluding steroid dienone is 1. The second-order valence-electron chi connectivity index (χ2n) is 13.5. The Morgan fingerprint density at radius 2 is 1.29 bits per heavy atom. The topological polar surface area (TPSA) is 171 Å². The standard InChI is InChI=1S/C20H26N4O3.C16H22N4O2.C4H5ClO/c1-14(2)20(25)21-11-16-7-8-18(10-15(16)3)24-12-17(22-23-24)13-27-19-6-4-5-9-26-19;1-12-8-15(6-5-13(12)9-17)20-10-14(18-19-20)11-22-16-4-2-3-7-21-16;1-3(2)4(5)6/h7-8,10,12,19H,1,4-6,9,11,13H2,2-3H3,(H,21,25);5-6,8,10,16H,2-4,7,9,11,17H2,1H3;1H2,2H3. The summed E-state index contributed by atoms with van der Waals surface area (Å²) in [7, 11) is 0. The molecule has 6 rings (SSSR count). The fourth-order valence-electron chi connectivity index (χ4n) is 5.42. The van der Waals surface area contributed by atoms with E-state index in [1.807, 2.05) is 56.6 Å². The number of carbonyl (C=O) groups excluding carboxylic acids is 2. The van der Waals surface area contributed by atoms with Crippen molar-refractivity contribution < 1.29 is 28.5 Å². The van der Waals surface area contributed by atoms with Crippen LogP contribution in [0.1, 0.15) is 86.0 Å². The Morgan fingerprint density at radius 1 is 0.818 bits per heavy atom. The minimum atomic E-state index is -0.463. The van der Waals surface area contributed by atoms with Gasteiger partial charge in [-0.15, -0.1) is 10.2 Å². The molecule has 1 amide bonds. The van der Waals surface area contributed by atoms with Crippen LogP contribution in [0.3, 0.4) is 0 Å². The number of benzene rings is 2. The van der Waals surface area contributed by atoms with Crippen molar-refractivity contribution in [1.29, 1.82) is 0 Å². The van der Waals surface area contributed by atoms with E-state index in [0.717, 1.165) is 96.8 Å². The summed E-state index contributed by atoms with van der Waals surface area (Å²) in [6.07, 6.45) is 9.89. The van der Waals surface area contributed by atoms with Crippen LogP contribution in [0.5, 0.6) is 0 Å². The summed E-state index contributed by atoms with van der Waals surface area (Å²) in [6.45, 7) is 17.6. The molecule has 3 N–H and O–H groups in total. The maximum absolute atomic E-state index is 11.6. The van der Waals surface area contributed by atoms with Gasteiger partial charge in [-0.2, -0.15) is 0 Å². The van der Waals surface area contributed by atoms with Gasteiger partial charge in [-0.25, -0.2) is 9.36 Å². The highest BCUT2D eigenvalue weighted by molar-refractivity contribution is 6.67. The number of rotatable bonds is 13. The van der Waals surface area contributed by atoms with Crippen LogP contribution in [0.25, 0.3) is 11.4 Å². The highest BCUT2D eigenvalue weighted by atomic mass is 35.5. The highest BCUT2D eigenvalue weighted by Gasteiger charge is 2.16. The maximum atomic E-state index is 11.6. The van der Waals surface area contributed by atoms with Crippen LogP contribution in [-0.4, -0.2) is 66.9 Å². The Kier molecular flexibility index (Phi) is 17.3. The molecule has 2 atom stereocenters. The van der Waals surface area contributed by atoms with E-state index >= 15 is 0 Å². The van der Waals surface area contributed by atoms with E-state index in [1.54, 1.807) is 23.2 Å². The number of amides is 1. The van der Waals surface area contributed by atoms with Crippen LogP contribution in [0.2, 0.25) is 0 Å². The molecule has 2 unspecified atom stereocenters. The first kappa shape index (κ1) is 43.2. The van der Waals surface area contributed by atoms with E-state index in [2.05, 4.69) is 45.2 Å². The van der Waals surface area contributed by atoms with Crippen molar-refractivity contribution in [3.63, 3.8) is 0 Å². The van der Waals surface area contributed by atoms with Gasteiger partial charge in [0.15, 0.2) is 12.6 Å². The first-order valence-electron chi connectivity index (χ1n) is 18.4. The lowest BCUT2D eigenvalue weighted by molar-refractivity contribution is -0.169. The van der Waals surface area contributed by atoms with Gasteiger partial charge < -0.3 is 30.0 Å². The predicted octanol–water partition coefficient (Wildman–Crippen LogP) is 6.22. The van der Waals surface area contributed by atoms with Gasteiger partial charge in [0.25, 0.3) is 0 Å². The van der Waals surface area contributed by atoms with Gasteiger partial charge in [-0.3, -0.25) is 9.59 Å². The number of aromatic nitrogens is 6. The fraction of sp³-hybridized carbons (Fsp3) is 0.450. The van der Waals surface area contributed by atoms with E-state index in [9.17, 15) is 9.59 Å². The van der Waals surface area contributed by atoms with Crippen LogP contribution in [0.15, 0.2) is 73.1 Å². The summed E-state index contributed by atoms with van der Waals surface area (Å²) < 4.78 is 26.1. The number of hydrogen-bond acceptors (Lipinski definition) is 11. The van der Waals surface area contributed by atoms with E-state index in [0.29, 0.717) is 37.4 Å². The molecule has 0 spiro atoms. The maximum Gasteiger partial charge on any atom is 0.247 e. The average Bonchev–Trinajstić information content (AvgIpc) is 3.87. The summed E-state index contributed by atoms with van der Waals surface area (Å²) in [5, 5.41) is 19.1. The minimum absolute atomic E-state index is 0.106. The molecule has 0 radical (unpaired) electrons. The highest BCUT2D eigenvalue weighted by Crippen LogP contribution is 2.19. The Hall–Kier alpha value is -4.57. The molecular formula is C40H53ClN8O6.